The van der Waals surface area contributed by atoms with Crippen LogP contribution in [0.2, 0.25) is 0 Å². The molecule has 2 aromatic carbocycles. The minimum absolute atomic E-state index is 0.327. The molecule has 3 aromatic rings. The van der Waals surface area contributed by atoms with E-state index >= 15 is 0 Å². The Hall–Kier alpha value is -3.20. The van der Waals surface area contributed by atoms with Gasteiger partial charge in [-0.05, 0) is 42.5 Å². The van der Waals surface area contributed by atoms with Crippen LogP contribution in [-0.4, -0.2) is 15.0 Å². The zero-order valence-corrected chi connectivity index (χ0v) is 10.9. The van der Waals surface area contributed by atoms with Gasteiger partial charge in [-0.2, -0.15) is 9.94 Å². The van der Waals surface area contributed by atoms with Crippen molar-refractivity contribution in [1.82, 2.24) is 15.0 Å². The van der Waals surface area contributed by atoms with Gasteiger partial charge in [0.25, 0.3) is 0 Å². The van der Waals surface area contributed by atoms with E-state index in [1.54, 1.807) is 36.4 Å². The predicted octanol–water partition coefficient (Wildman–Crippen LogP) is 2.53. The standard InChI is InChI=1S/C15H10FN5/c16-12-6-4-11(5-7-12)14-15(18)21(20-19-14)13-3-1-2-10(8-13)9-17/h1-8H,18H2. The molecule has 1 aromatic heterocycles. The number of hydrogen-bond acceptors (Lipinski definition) is 4. The number of benzene rings is 2. The third-order valence-electron chi connectivity index (χ3n) is 3.04. The first kappa shape index (κ1) is 12.8. The molecule has 1 heterocycles. The first-order valence-corrected chi connectivity index (χ1v) is 6.16. The lowest BCUT2D eigenvalue weighted by Gasteiger charge is -2.04. The quantitative estimate of drug-likeness (QED) is 0.781. The summed E-state index contributed by atoms with van der Waals surface area (Å²) in [6.07, 6.45) is 0. The number of nitrogen functional groups attached to an aromatic ring is 1. The Labute approximate surface area is 120 Å². The van der Waals surface area contributed by atoms with Crippen LogP contribution in [0.1, 0.15) is 5.56 Å². The number of rotatable bonds is 2. The first-order valence-electron chi connectivity index (χ1n) is 6.16. The lowest BCUT2D eigenvalue weighted by molar-refractivity contribution is 0.628. The molecule has 0 bridgehead atoms. The summed E-state index contributed by atoms with van der Waals surface area (Å²) in [6.45, 7) is 0. The van der Waals surface area contributed by atoms with Crippen LogP contribution >= 0.6 is 0 Å². The van der Waals surface area contributed by atoms with Crippen LogP contribution in [0.15, 0.2) is 48.5 Å². The number of halogens is 1. The van der Waals surface area contributed by atoms with Crippen molar-refractivity contribution in [3.63, 3.8) is 0 Å². The van der Waals surface area contributed by atoms with Gasteiger partial charge in [-0.1, -0.05) is 11.3 Å². The van der Waals surface area contributed by atoms with Crippen molar-refractivity contribution in [1.29, 1.82) is 5.26 Å². The third-order valence-corrected chi connectivity index (χ3v) is 3.04. The predicted molar refractivity (Wildman–Crippen MR) is 75.9 cm³/mol. The molecule has 0 aliphatic heterocycles. The minimum atomic E-state index is -0.327. The van der Waals surface area contributed by atoms with Gasteiger partial charge in [0.2, 0.25) is 0 Å². The SMILES string of the molecule is N#Cc1cccc(-n2nnc(-c3ccc(F)cc3)c2N)c1. The van der Waals surface area contributed by atoms with Crippen LogP contribution < -0.4 is 5.73 Å². The normalized spacial score (nSPS) is 10.3. The van der Waals surface area contributed by atoms with E-state index < -0.39 is 0 Å². The smallest absolute Gasteiger partial charge is 0.155 e. The maximum absolute atomic E-state index is 13.0. The van der Waals surface area contributed by atoms with E-state index in [2.05, 4.69) is 16.4 Å². The highest BCUT2D eigenvalue weighted by atomic mass is 19.1. The molecule has 0 radical (unpaired) electrons. The minimum Gasteiger partial charge on any atom is -0.382 e. The van der Waals surface area contributed by atoms with Crippen LogP contribution in [0.5, 0.6) is 0 Å². The molecule has 0 unspecified atom stereocenters. The lowest BCUT2D eigenvalue weighted by Crippen LogP contribution is -2.02. The molecule has 3 rings (SSSR count). The fourth-order valence-corrected chi connectivity index (χ4v) is 2.00. The summed E-state index contributed by atoms with van der Waals surface area (Å²) < 4.78 is 14.4. The van der Waals surface area contributed by atoms with Crippen molar-refractivity contribution in [2.45, 2.75) is 0 Å². The van der Waals surface area contributed by atoms with Gasteiger partial charge in [-0.15, -0.1) is 5.10 Å². The van der Waals surface area contributed by atoms with Gasteiger partial charge >= 0.3 is 0 Å². The van der Waals surface area contributed by atoms with Crippen molar-refractivity contribution in [3.8, 4) is 23.0 Å². The van der Waals surface area contributed by atoms with Crippen LogP contribution in [0.3, 0.4) is 0 Å². The molecule has 0 saturated carbocycles. The number of anilines is 1. The van der Waals surface area contributed by atoms with Crippen LogP contribution in [0, 0.1) is 17.1 Å². The van der Waals surface area contributed by atoms with Crippen molar-refractivity contribution >= 4 is 5.82 Å². The van der Waals surface area contributed by atoms with E-state index in [0.717, 1.165) is 0 Å². The summed E-state index contributed by atoms with van der Waals surface area (Å²) in [4.78, 5) is 0. The lowest BCUT2D eigenvalue weighted by atomic mass is 10.1. The van der Waals surface area contributed by atoms with Crippen molar-refractivity contribution in [2.75, 3.05) is 5.73 Å². The Kier molecular flexibility index (Phi) is 3.09. The van der Waals surface area contributed by atoms with Gasteiger partial charge in [-0.3, -0.25) is 0 Å². The molecule has 0 saturated heterocycles. The van der Waals surface area contributed by atoms with E-state index in [9.17, 15) is 4.39 Å². The average Bonchev–Trinajstić information content (AvgIpc) is 2.90. The van der Waals surface area contributed by atoms with Crippen LogP contribution in [0.25, 0.3) is 16.9 Å². The highest BCUT2D eigenvalue weighted by Crippen LogP contribution is 2.25. The van der Waals surface area contributed by atoms with Gasteiger partial charge in [0.1, 0.15) is 11.5 Å². The summed E-state index contributed by atoms with van der Waals surface area (Å²) in [6, 6.07) is 14.8. The van der Waals surface area contributed by atoms with E-state index in [1.807, 2.05) is 0 Å². The molecule has 0 spiro atoms. The summed E-state index contributed by atoms with van der Waals surface area (Å²) in [5.41, 5.74) is 8.36. The largest absolute Gasteiger partial charge is 0.382 e. The molecule has 0 aliphatic carbocycles. The van der Waals surface area contributed by atoms with Crippen LogP contribution in [-0.2, 0) is 0 Å². The Bertz CT molecular complexity index is 830. The monoisotopic (exact) mass is 279 g/mol. The number of nitrogens with zero attached hydrogens (tertiary/aromatic N) is 4. The molecular weight excluding hydrogens is 269 g/mol. The first-order chi connectivity index (χ1) is 10.2. The molecule has 0 atom stereocenters. The van der Waals surface area contributed by atoms with E-state index in [1.165, 1.54) is 16.8 Å². The summed E-state index contributed by atoms with van der Waals surface area (Å²) in [7, 11) is 0. The Morgan fingerprint density at radius 1 is 1.14 bits per heavy atom. The van der Waals surface area contributed by atoms with Crippen molar-refractivity contribution < 1.29 is 4.39 Å². The highest BCUT2D eigenvalue weighted by Gasteiger charge is 2.13. The second-order valence-electron chi connectivity index (χ2n) is 4.40. The van der Waals surface area contributed by atoms with Gasteiger partial charge in [0.15, 0.2) is 5.82 Å². The average molecular weight is 279 g/mol. The summed E-state index contributed by atoms with van der Waals surface area (Å²) >= 11 is 0. The number of aromatic nitrogens is 3. The summed E-state index contributed by atoms with van der Waals surface area (Å²) in [5, 5.41) is 17.0. The van der Waals surface area contributed by atoms with E-state index in [-0.39, 0.29) is 5.82 Å². The van der Waals surface area contributed by atoms with Gasteiger partial charge in [-0.25, -0.2) is 4.39 Å². The molecule has 2 N–H and O–H groups in total. The zero-order valence-electron chi connectivity index (χ0n) is 10.9. The van der Waals surface area contributed by atoms with Crippen LogP contribution in [0.4, 0.5) is 10.2 Å². The molecule has 0 fully saturated rings. The second-order valence-corrected chi connectivity index (χ2v) is 4.40. The van der Waals surface area contributed by atoms with Gasteiger partial charge in [0.05, 0.1) is 17.3 Å². The fraction of sp³-hybridized carbons (Fsp3) is 0. The number of nitriles is 1. The third kappa shape index (κ3) is 2.32. The second kappa shape index (κ2) is 5.06. The van der Waals surface area contributed by atoms with E-state index in [4.69, 9.17) is 11.0 Å². The molecular formula is C15H10FN5. The Morgan fingerprint density at radius 3 is 2.62 bits per heavy atom. The zero-order chi connectivity index (χ0) is 14.8. The maximum Gasteiger partial charge on any atom is 0.155 e. The molecule has 102 valence electrons. The maximum atomic E-state index is 13.0. The van der Waals surface area contributed by atoms with Gasteiger partial charge < -0.3 is 5.73 Å². The van der Waals surface area contributed by atoms with Crippen molar-refractivity contribution in [3.05, 3.63) is 59.9 Å². The van der Waals surface area contributed by atoms with Gasteiger partial charge in [0, 0.05) is 5.56 Å². The van der Waals surface area contributed by atoms with E-state index in [0.29, 0.717) is 28.3 Å². The molecule has 5 nitrogen and oxygen atoms in total. The Balaban J connectivity index is 2.07. The molecule has 0 aliphatic rings. The molecule has 6 heteroatoms. The number of hydrogen-bond donors (Lipinski definition) is 1. The summed E-state index contributed by atoms with van der Waals surface area (Å²) in [5.74, 6) is 0.00290. The fourth-order valence-electron chi connectivity index (χ4n) is 2.00. The number of nitrogens with two attached hydrogens (primary N) is 1. The molecule has 21 heavy (non-hydrogen) atoms. The molecule has 0 amide bonds. The van der Waals surface area contributed by atoms with Crippen molar-refractivity contribution in [2.24, 2.45) is 0 Å². The topological polar surface area (TPSA) is 80.5 Å². The Morgan fingerprint density at radius 2 is 1.90 bits per heavy atom. The highest BCUT2D eigenvalue weighted by molar-refractivity contribution is 5.70.